The number of ether oxygens (including phenoxy) is 1. The molecule has 0 radical (unpaired) electrons. The lowest BCUT2D eigenvalue weighted by Crippen LogP contribution is -2.65. The van der Waals surface area contributed by atoms with Gasteiger partial charge in [0.2, 0.25) is 11.7 Å². The van der Waals surface area contributed by atoms with E-state index in [0.29, 0.717) is 45.3 Å². The molecule has 5 heterocycles. The third-order valence-electron chi connectivity index (χ3n) is 9.10. The third kappa shape index (κ3) is 15.7. The largest absolute Gasteiger partial charge is 0.490 e. The molecule has 0 spiro atoms. The Labute approximate surface area is 356 Å². The fourth-order valence-electron chi connectivity index (χ4n) is 6.13. The number of nitriles is 1. The molecule has 65 heavy (non-hydrogen) atoms. The molecule has 0 unspecified atom stereocenters. The smallest absolute Gasteiger partial charge is 0.475 e. The highest BCUT2D eigenvalue weighted by atomic mass is 19.4. The summed E-state index contributed by atoms with van der Waals surface area (Å²) < 4.78 is 143. The number of carboxylic acid groups (broad SMARTS) is 3. The van der Waals surface area contributed by atoms with Gasteiger partial charge >= 0.3 is 42.6 Å². The van der Waals surface area contributed by atoms with Crippen LogP contribution in [0.1, 0.15) is 50.0 Å². The number of hydrogen-bond acceptors (Lipinski definition) is 13. The van der Waals surface area contributed by atoms with Gasteiger partial charge in [-0.05, 0) is 44.7 Å². The van der Waals surface area contributed by atoms with Crippen molar-refractivity contribution in [2.24, 2.45) is 0 Å². The molecule has 1 saturated carbocycles. The number of likely N-dealkylation sites (tertiary alicyclic amines) is 1. The molecule has 358 valence electrons. The normalized spacial score (nSPS) is 17.4. The minimum atomic E-state index is -5.08. The van der Waals surface area contributed by atoms with Gasteiger partial charge in [-0.3, -0.25) is 9.58 Å². The molecule has 4 aromatic rings. The van der Waals surface area contributed by atoms with E-state index in [1.165, 1.54) is 12.4 Å². The fraction of sp³-hybridized carbons (Fsp3) is 0.514. The van der Waals surface area contributed by atoms with Crippen molar-refractivity contribution in [1.29, 1.82) is 5.26 Å². The quantitative estimate of drug-likeness (QED) is 0.0821. The van der Waals surface area contributed by atoms with Crippen LogP contribution in [0.25, 0.3) is 22.3 Å². The van der Waals surface area contributed by atoms with Crippen LogP contribution in [-0.4, -0.2) is 135 Å². The van der Waals surface area contributed by atoms with Crippen LogP contribution in [0.5, 0.6) is 5.88 Å². The number of nitrogens with zero attached hydrogens (tertiary/aromatic N) is 8. The summed E-state index contributed by atoms with van der Waals surface area (Å²) in [7, 11) is 0. The van der Waals surface area contributed by atoms with E-state index in [1.807, 2.05) is 23.1 Å². The van der Waals surface area contributed by atoms with Gasteiger partial charge in [-0.1, -0.05) is 0 Å². The molecule has 1 aliphatic heterocycles. The number of H-pyrrole nitrogens is 1. The molecule has 1 aliphatic carbocycles. The summed E-state index contributed by atoms with van der Waals surface area (Å²) in [5.41, 5.74) is 2.12. The maximum Gasteiger partial charge on any atom is 0.490 e. The van der Waals surface area contributed by atoms with Gasteiger partial charge in [0.1, 0.15) is 23.6 Å². The number of nitrogens with one attached hydrogen (secondary N) is 2. The lowest BCUT2D eigenvalue weighted by molar-refractivity contribution is -0.193. The van der Waals surface area contributed by atoms with Crippen molar-refractivity contribution in [2.75, 3.05) is 26.2 Å². The van der Waals surface area contributed by atoms with E-state index < -0.39 is 54.0 Å². The van der Waals surface area contributed by atoms with E-state index in [1.54, 1.807) is 6.20 Å². The topological polar surface area (TPSA) is 266 Å². The first-order valence-corrected chi connectivity index (χ1v) is 18.4. The number of aliphatic hydroxyl groups excluding tert-OH is 1. The van der Waals surface area contributed by atoms with E-state index in [2.05, 4.69) is 46.3 Å². The van der Waals surface area contributed by atoms with Crippen molar-refractivity contribution in [1.82, 2.24) is 44.9 Å². The predicted molar refractivity (Wildman–Crippen MR) is 193 cm³/mol. The summed E-state index contributed by atoms with van der Waals surface area (Å²) in [5.74, 6) is -9.58. The molecular formula is C35H36F12N10O8. The van der Waals surface area contributed by atoms with Crippen molar-refractivity contribution in [2.45, 2.75) is 87.5 Å². The van der Waals surface area contributed by atoms with Crippen molar-refractivity contribution >= 4 is 28.9 Å². The Morgan fingerprint density at radius 2 is 1.46 bits per heavy atom. The van der Waals surface area contributed by atoms with Gasteiger partial charge in [0.05, 0.1) is 30.1 Å². The summed E-state index contributed by atoms with van der Waals surface area (Å²) >= 11 is 0. The zero-order chi connectivity index (χ0) is 49.0. The molecule has 0 aromatic carbocycles. The number of alkyl halides is 12. The van der Waals surface area contributed by atoms with Gasteiger partial charge in [-0.2, -0.15) is 68.0 Å². The lowest BCUT2D eigenvalue weighted by Gasteiger charge is -2.53. The summed E-state index contributed by atoms with van der Waals surface area (Å²) in [5, 5.41) is 48.5. The highest BCUT2D eigenvalue weighted by Crippen LogP contribution is 2.39. The molecule has 1 saturated heterocycles. The second kappa shape index (κ2) is 22.0. The number of rotatable bonds is 11. The van der Waals surface area contributed by atoms with E-state index in [4.69, 9.17) is 39.5 Å². The maximum absolute atomic E-state index is 13.5. The van der Waals surface area contributed by atoms with E-state index >= 15 is 0 Å². The Hall–Kier alpha value is -6.35. The molecule has 0 atom stereocenters. The van der Waals surface area contributed by atoms with Crippen LogP contribution < -0.4 is 10.1 Å². The van der Waals surface area contributed by atoms with Gasteiger partial charge in [0, 0.05) is 61.7 Å². The van der Waals surface area contributed by atoms with Gasteiger partial charge < -0.3 is 35.5 Å². The zero-order valence-corrected chi connectivity index (χ0v) is 32.9. The first-order valence-electron chi connectivity index (χ1n) is 18.4. The van der Waals surface area contributed by atoms with Gasteiger partial charge in [-0.15, -0.1) is 0 Å². The minimum absolute atomic E-state index is 0.00978. The number of aromatic nitrogens is 7. The van der Waals surface area contributed by atoms with Gasteiger partial charge in [0.15, 0.2) is 0 Å². The van der Waals surface area contributed by atoms with Crippen molar-refractivity contribution in [3.05, 3.63) is 48.6 Å². The van der Waals surface area contributed by atoms with Crippen LogP contribution in [-0.2, 0) is 32.6 Å². The van der Waals surface area contributed by atoms with Crippen molar-refractivity contribution in [3.63, 3.8) is 0 Å². The first kappa shape index (κ1) is 53.0. The van der Waals surface area contributed by atoms with Crippen LogP contribution in [0.2, 0.25) is 0 Å². The third-order valence-corrected chi connectivity index (χ3v) is 9.10. The Balaban J connectivity index is 0.000000443. The predicted octanol–water partition coefficient (Wildman–Crippen LogP) is 5.32. The average molecular weight is 953 g/mol. The maximum atomic E-state index is 13.5. The number of aliphatic hydroxyl groups is 1. The highest BCUT2D eigenvalue weighted by Gasteiger charge is 2.48. The minimum Gasteiger partial charge on any atom is -0.475 e. The van der Waals surface area contributed by atoms with Crippen LogP contribution >= 0.6 is 0 Å². The molecule has 2 aliphatic rings. The second-order valence-electron chi connectivity index (χ2n) is 13.8. The number of fused-ring (bicyclic) bond motifs is 1. The van der Waals surface area contributed by atoms with Crippen LogP contribution in [0.15, 0.2) is 37.1 Å². The second-order valence-corrected chi connectivity index (χ2v) is 13.8. The van der Waals surface area contributed by atoms with E-state index in [9.17, 15) is 57.9 Å². The monoisotopic (exact) mass is 952 g/mol. The van der Waals surface area contributed by atoms with Crippen LogP contribution in [0.4, 0.5) is 52.7 Å². The summed E-state index contributed by atoms with van der Waals surface area (Å²) in [6, 6.07) is 5.98. The molecular weight excluding hydrogens is 916 g/mol. The van der Waals surface area contributed by atoms with Gasteiger partial charge in [0.25, 0.3) is 0 Å². The Bertz CT molecular complexity index is 2190. The summed E-state index contributed by atoms with van der Waals surface area (Å²) in [4.78, 5) is 48.1. The first-order chi connectivity index (χ1) is 30.1. The number of carbonyl (C=O) groups is 3. The van der Waals surface area contributed by atoms with Crippen LogP contribution in [0, 0.1) is 11.3 Å². The fourth-order valence-corrected chi connectivity index (χ4v) is 6.13. The van der Waals surface area contributed by atoms with Gasteiger partial charge in [-0.25, -0.2) is 29.3 Å². The Morgan fingerprint density at radius 1 is 0.892 bits per heavy atom. The Morgan fingerprint density at radius 3 is 1.97 bits per heavy atom. The number of carboxylic acids is 3. The average Bonchev–Trinajstić information content (AvgIpc) is 3.89. The number of aliphatic carboxylic acids is 3. The Kier molecular flexibility index (Phi) is 18.0. The highest BCUT2D eigenvalue weighted by molar-refractivity contribution is 5.90. The molecule has 30 heteroatoms. The van der Waals surface area contributed by atoms with Crippen LogP contribution in [0.3, 0.4) is 0 Å². The molecule has 18 nitrogen and oxygen atoms in total. The molecule has 0 bridgehead atoms. The summed E-state index contributed by atoms with van der Waals surface area (Å²) in [6.45, 7) is 1.91. The number of halogens is 12. The molecule has 0 amide bonds. The van der Waals surface area contributed by atoms with Crippen molar-refractivity contribution < 1.29 is 92.2 Å². The summed E-state index contributed by atoms with van der Waals surface area (Å²) in [6.07, 6.45) is -9.36. The SMILES string of the molecule is N#CCC1(n2cc(-c3ncnc4[nH]ccc34)cn2)CN([C@H]2CC[C@@H](Oc3cc(CNCCCO)nc(C(F)(F)F)n3)CC2)C1.O=C(O)C(F)(F)F.O=C(O)C(F)(F)F.O=C(O)C(F)(F)F. The zero-order valence-electron chi connectivity index (χ0n) is 32.9. The molecule has 2 fully saturated rings. The number of aromatic amines is 1. The standard InChI is InChI=1S/C29H33F3N10O2.3C2HF3O2/c30-29(31,32)27-39-20(14-34-9-1-11-43)12-24(40-27)44-22-4-2-21(3-5-22)41-16-28(17-41,7-8-33)42-15-19(13-38-42)25-23-6-10-35-26(23)37-18-36-25;3*3-2(4,5)1(6)7/h6,10,12-13,15,18,21-22,34,43H,1-5,7,9,11,14,16-17H2,(H,35,36,37);3*(H,6,7)/t21-,22+;;;. The van der Waals surface area contributed by atoms with E-state index in [0.717, 1.165) is 35.1 Å². The number of hydrogen-bond donors (Lipinski definition) is 6. The lowest BCUT2D eigenvalue weighted by atomic mass is 9.82. The van der Waals surface area contributed by atoms with E-state index in [-0.39, 0.29) is 36.9 Å². The molecule has 6 N–H and O–H groups in total. The molecule has 4 aromatic heterocycles. The molecule has 6 rings (SSSR count). The van der Waals surface area contributed by atoms with Crippen molar-refractivity contribution in [3.8, 4) is 23.2 Å².